The highest BCUT2D eigenvalue weighted by Gasteiger charge is 2.38. The molecule has 138 valence electrons. The molecule has 0 unspecified atom stereocenters. The SMILES string of the molecule is Cn1cc(Cl)cc1C(=O)N[C@H]1C[C@H]2CO[C@@H](c3ccc(Cl)cc3)CN2C1. The number of aryl methyl sites for hydroxylation is 1. The van der Waals surface area contributed by atoms with E-state index in [-0.39, 0.29) is 18.1 Å². The number of hydrogen-bond acceptors (Lipinski definition) is 3. The van der Waals surface area contributed by atoms with Crippen LogP contribution in [0.25, 0.3) is 0 Å². The van der Waals surface area contributed by atoms with Crippen molar-refractivity contribution in [2.24, 2.45) is 7.05 Å². The first-order valence-electron chi connectivity index (χ1n) is 8.73. The number of nitrogens with zero attached hydrogens (tertiary/aromatic N) is 2. The summed E-state index contributed by atoms with van der Waals surface area (Å²) in [5.74, 6) is -0.0839. The number of carbonyl (C=O) groups excluding carboxylic acids is 1. The number of nitrogens with one attached hydrogen (secondary N) is 1. The lowest BCUT2D eigenvalue weighted by Crippen LogP contribution is -2.43. The number of aromatic nitrogens is 1. The van der Waals surface area contributed by atoms with Crippen LogP contribution in [-0.4, -0.2) is 47.2 Å². The molecule has 0 radical (unpaired) electrons. The van der Waals surface area contributed by atoms with E-state index in [4.69, 9.17) is 27.9 Å². The number of amides is 1. The van der Waals surface area contributed by atoms with Crippen LogP contribution >= 0.6 is 23.2 Å². The zero-order valence-corrected chi connectivity index (χ0v) is 16.0. The van der Waals surface area contributed by atoms with Crippen molar-refractivity contribution in [3.05, 3.63) is 57.8 Å². The molecule has 5 nitrogen and oxygen atoms in total. The van der Waals surface area contributed by atoms with Gasteiger partial charge in [-0.15, -0.1) is 0 Å². The van der Waals surface area contributed by atoms with Crippen molar-refractivity contribution in [3.63, 3.8) is 0 Å². The zero-order valence-electron chi connectivity index (χ0n) is 14.5. The molecule has 0 bridgehead atoms. The second-order valence-corrected chi connectivity index (χ2v) is 7.91. The van der Waals surface area contributed by atoms with Crippen molar-refractivity contribution in [1.29, 1.82) is 0 Å². The van der Waals surface area contributed by atoms with E-state index in [9.17, 15) is 4.79 Å². The molecule has 2 aliphatic rings. The van der Waals surface area contributed by atoms with E-state index in [1.165, 1.54) is 0 Å². The molecule has 7 heteroatoms. The number of benzene rings is 1. The number of fused-ring (bicyclic) bond motifs is 1. The fourth-order valence-electron chi connectivity index (χ4n) is 3.87. The molecule has 2 fully saturated rings. The summed E-state index contributed by atoms with van der Waals surface area (Å²) in [5.41, 5.74) is 1.72. The molecule has 1 aromatic carbocycles. The summed E-state index contributed by atoms with van der Waals surface area (Å²) in [6, 6.07) is 9.98. The summed E-state index contributed by atoms with van der Waals surface area (Å²) in [4.78, 5) is 14.9. The Bertz CT molecular complexity index is 806. The molecule has 1 amide bonds. The maximum atomic E-state index is 12.5. The second-order valence-electron chi connectivity index (χ2n) is 7.04. The maximum absolute atomic E-state index is 12.5. The highest BCUT2D eigenvalue weighted by atomic mass is 35.5. The van der Waals surface area contributed by atoms with Gasteiger partial charge < -0.3 is 14.6 Å². The van der Waals surface area contributed by atoms with Gasteiger partial charge in [0.05, 0.1) is 17.7 Å². The summed E-state index contributed by atoms with van der Waals surface area (Å²) in [6.45, 7) is 2.34. The maximum Gasteiger partial charge on any atom is 0.268 e. The minimum atomic E-state index is -0.0839. The van der Waals surface area contributed by atoms with E-state index in [0.29, 0.717) is 23.4 Å². The third kappa shape index (κ3) is 3.62. The fraction of sp³-hybridized carbons (Fsp3) is 0.421. The fourth-order valence-corrected chi connectivity index (χ4v) is 4.24. The number of ether oxygens (including phenoxy) is 1. The van der Waals surface area contributed by atoms with Crippen LogP contribution in [0.5, 0.6) is 0 Å². The summed E-state index contributed by atoms with van der Waals surface area (Å²) >= 11 is 11.9. The van der Waals surface area contributed by atoms with Crippen LogP contribution in [0.3, 0.4) is 0 Å². The van der Waals surface area contributed by atoms with Crippen LogP contribution in [0.15, 0.2) is 36.5 Å². The van der Waals surface area contributed by atoms with Gasteiger partial charge in [-0.05, 0) is 30.2 Å². The van der Waals surface area contributed by atoms with Gasteiger partial charge in [0.1, 0.15) is 5.69 Å². The second kappa shape index (κ2) is 7.24. The molecule has 1 aromatic heterocycles. The van der Waals surface area contributed by atoms with E-state index < -0.39 is 0 Å². The Hall–Kier alpha value is -1.53. The van der Waals surface area contributed by atoms with E-state index in [1.54, 1.807) is 16.8 Å². The number of halogens is 2. The van der Waals surface area contributed by atoms with Gasteiger partial charge in [0.15, 0.2) is 0 Å². The molecule has 2 aromatic rings. The van der Waals surface area contributed by atoms with Crippen molar-refractivity contribution in [2.75, 3.05) is 19.7 Å². The van der Waals surface area contributed by atoms with Crippen LogP contribution in [-0.2, 0) is 11.8 Å². The number of morpholine rings is 1. The number of hydrogen-bond donors (Lipinski definition) is 1. The van der Waals surface area contributed by atoms with Gasteiger partial charge >= 0.3 is 0 Å². The first kappa shape index (κ1) is 17.9. The monoisotopic (exact) mass is 393 g/mol. The van der Waals surface area contributed by atoms with Gasteiger partial charge in [-0.25, -0.2) is 0 Å². The molecule has 3 heterocycles. The van der Waals surface area contributed by atoms with Gasteiger partial charge in [0.25, 0.3) is 5.91 Å². The summed E-state index contributed by atoms with van der Waals surface area (Å²) in [6.07, 6.45) is 2.68. The average molecular weight is 394 g/mol. The Kier molecular flexibility index (Phi) is 4.97. The molecule has 26 heavy (non-hydrogen) atoms. The Balaban J connectivity index is 1.38. The van der Waals surface area contributed by atoms with Crippen molar-refractivity contribution in [3.8, 4) is 0 Å². The predicted molar refractivity (Wildman–Crippen MR) is 102 cm³/mol. The molecular formula is C19H21Cl2N3O2. The molecule has 3 atom stereocenters. The van der Waals surface area contributed by atoms with Crippen LogP contribution in [0.1, 0.15) is 28.6 Å². The quantitative estimate of drug-likeness (QED) is 0.869. The van der Waals surface area contributed by atoms with Gasteiger partial charge in [0, 0.05) is 43.4 Å². The number of rotatable bonds is 3. The predicted octanol–water partition coefficient (Wildman–Crippen LogP) is 3.28. The topological polar surface area (TPSA) is 46.5 Å². The highest BCUT2D eigenvalue weighted by molar-refractivity contribution is 6.31. The Morgan fingerprint density at radius 2 is 1.96 bits per heavy atom. The van der Waals surface area contributed by atoms with Gasteiger partial charge in [0.2, 0.25) is 0 Å². The smallest absolute Gasteiger partial charge is 0.268 e. The van der Waals surface area contributed by atoms with Crippen LogP contribution in [0.2, 0.25) is 10.0 Å². The molecule has 0 aliphatic carbocycles. The average Bonchev–Trinajstić information content (AvgIpc) is 3.16. The zero-order chi connectivity index (χ0) is 18.3. The molecule has 0 saturated carbocycles. The molecule has 2 saturated heterocycles. The van der Waals surface area contributed by atoms with Crippen molar-refractivity contribution < 1.29 is 9.53 Å². The van der Waals surface area contributed by atoms with Gasteiger partial charge in [-0.2, -0.15) is 0 Å². The first-order chi connectivity index (χ1) is 12.5. The lowest BCUT2D eigenvalue weighted by molar-refractivity contribution is -0.0502. The van der Waals surface area contributed by atoms with E-state index >= 15 is 0 Å². The molecule has 2 aliphatic heterocycles. The van der Waals surface area contributed by atoms with Crippen LogP contribution in [0.4, 0.5) is 0 Å². The Morgan fingerprint density at radius 1 is 1.19 bits per heavy atom. The van der Waals surface area contributed by atoms with E-state index in [1.807, 2.05) is 31.3 Å². The van der Waals surface area contributed by atoms with Crippen LogP contribution in [0, 0.1) is 0 Å². The highest BCUT2D eigenvalue weighted by Crippen LogP contribution is 2.31. The standard InChI is InChI=1S/C19H21Cl2N3O2/c1-23-8-14(21)6-17(23)19(25)22-15-7-16-11-26-18(10-24(16)9-15)12-2-4-13(20)5-3-12/h2-6,8,15-16,18H,7,9-11H2,1H3,(H,22,25)/t15-,16-,18+/m0/s1. The van der Waals surface area contributed by atoms with Crippen molar-refractivity contribution in [1.82, 2.24) is 14.8 Å². The van der Waals surface area contributed by atoms with E-state index in [2.05, 4.69) is 10.2 Å². The lowest BCUT2D eigenvalue weighted by atomic mass is 10.1. The molecular weight excluding hydrogens is 373 g/mol. The summed E-state index contributed by atoms with van der Waals surface area (Å²) in [7, 11) is 1.82. The van der Waals surface area contributed by atoms with E-state index in [0.717, 1.165) is 30.1 Å². The van der Waals surface area contributed by atoms with Gasteiger partial charge in [-0.3, -0.25) is 9.69 Å². The summed E-state index contributed by atoms with van der Waals surface area (Å²) in [5, 5.41) is 4.43. The number of carbonyl (C=O) groups is 1. The largest absolute Gasteiger partial charge is 0.371 e. The van der Waals surface area contributed by atoms with Crippen molar-refractivity contribution >= 4 is 29.1 Å². The minimum absolute atomic E-state index is 0.0460. The normalized spacial score (nSPS) is 25.9. The van der Waals surface area contributed by atoms with Crippen molar-refractivity contribution in [2.45, 2.75) is 24.6 Å². The third-order valence-corrected chi connectivity index (χ3v) is 5.66. The summed E-state index contributed by atoms with van der Waals surface area (Å²) < 4.78 is 7.81. The molecule has 0 spiro atoms. The first-order valence-corrected chi connectivity index (χ1v) is 9.49. The third-order valence-electron chi connectivity index (χ3n) is 5.20. The van der Waals surface area contributed by atoms with Crippen LogP contribution < -0.4 is 5.32 Å². The lowest BCUT2D eigenvalue weighted by Gasteiger charge is -2.35. The minimum Gasteiger partial charge on any atom is -0.371 e. The molecule has 4 rings (SSSR count). The van der Waals surface area contributed by atoms with Gasteiger partial charge in [-0.1, -0.05) is 35.3 Å². The Morgan fingerprint density at radius 3 is 2.65 bits per heavy atom. The molecule has 1 N–H and O–H groups in total. The Labute approximate surface area is 162 Å².